The molecule has 0 radical (unpaired) electrons. The first kappa shape index (κ1) is 22.7. The zero-order chi connectivity index (χ0) is 23.1. The van der Waals surface area contributed by atoms with Crippen molar-refractivity contribution in [1.29, 1.82) is 0 Å². The van der Waals surface area contributed by atoms with Crippen molar-refractivity contribution in [3.63, 3.8) is 0 Å². The number of fused-ring (bicyclic) bond motifs is 2. The van der Waals surface area contributed by atoms with Gasteiger partial charge in [-0.15, -0.1) is 11.3 Å². The van der Waals surface area contributed by atoms with Gasteiger partial charge in [0.1, 0.15) is 18.3 Å². The number of thiazole rings is 1. The van der Waals surface area contributed by atoms with Gasteiger partial charge in [0.25, 0.3) is 0 Å². The van der Waals surface area contributed by atoms with E-state index in [2.05, 4.69) is 31.3 Å². The third-order valence-electron chi connectivity index (χ3n) is 5.30. The SMILES string of the molecule is C[C@H](CSc1nc2ccccc2s1)Nc1nc(Cl)nc2c1ncn2[C@@H]1O[C@H](CO)[C@@H](O)[C@H]1O. The molecule has 0 bridgehead atoms. The van der Waals surface area contributed by atoms with Gasteiger partial charge in [0.05, 0.1) is 23.2 Å². The lowest BCUT2D eigenvalue weighted by atomic mass is 10.1. The summed E-state index contributed by atoms with van der Waals surface area (Å²) in [6.45, 7) is 1.60. The summed E-state index contributed by atoms with van der Waals surface area (Å²) in [5.41, 5.74) is 1.79. The normalized spacial score (nSPS) is 24.0. The lowest BCUT2D eigenvalue weighted by molar-refractivity contribution is -0.0511. The lowest BCUT2D eigenvalue weighted by Gasteiger charge is -2.17. The summed E-state index contributed by atoms with van der Waals surface area (Å²) >= 11 is 9.48. The molecule has 13 heteroatoms. The molecule has 0 aliphatic carbocycles. The third-order valence-corrected chi connectivity index (χ3v) is 7.91. The van der Waals surface area contributed by atoms with Gasteiger partial charge in [0, 0.05) is 11.8 Å². The van der Waals surface area contributed by atoms with E-state index in [1.807, 2.05) is 25.1 Å². The molecule has 0 unspecified atom stereocenters. The molecular weight excluding hydrogens is 488 g/mol. The van der Waals surface area contributed by atoms with E-state index in [4.69, 9.17) is 16.3 Å². The number of nitrogens with zero attached hydrogens (tertiary/aromatic N) is 5. The predicted molar refractivity (Wildman–Crippen MR) is 127 cm³/mol. The van der Waals surface area contributed by atoms with Crippen LogP contribution in [0.25, 0.3) is 21.4 Å². The van der Waals surface area contributed by atoms with Gasteiger partial charge >= 0.3 is 0 Å². The lowest BCUT2D eigenvalue weighted by Crippen LogP contribution is -2.33. The minimum atomic E-state index is -1.26. The van der Waals surface area contributed by atoms with E-state index in [0.717, 1.165) is 20.3 Å². The van der Waals surface area contributed by atoms with Gasteiger partial charge < -0.3 is 25.4 Å². The molecule has 0 spiro atoms. The fourth-order valence-corrected chi connectivity index (χ4v) is 5.88. The number of benzene rings is 1. The maximum Gasteiger partial charge on any atom is 0.226 e. The third kappa shape index (κ3) is 4.39. The molecule has 0 amide bonds. The van der Waals surface area contributed by atoms with Crippen molar-refractivity contribution in [2.75, 3.05) is 17.7 Å². The molecule has 1 fully saturated rings. The first-order chi connectivity index (χ1) is 15.9. The van der Waals surface area contributed by atoms with Crippen LogP contribution in [0, 0.1) is 0 Å². The Morgan fingerprint density at radius 2 is 2.06 bits per heavy atom. The monoisotopic (exact) mass is 508 g/mol. The number of aliphatic hydroxyl groups excluding tert-OH is 3. The zero-order valence-corrected chi connectivity index (χ0v) is 19.8. The summed E-state index contributed by atoms with van der Waals surface area (Å²) in [5.74, 6) is 1.19. The molecule has 10 nitrogen and oxygen atoms in total. The highest BCUT2D eigenvalue weighted by molar-refractivity contribution is 8.01. The van der Waals surface area contributed by atoms with Crippen LogP contribution in [0.15, 0.2) is 34.9 Å². The van der Waals surface area contributed by atoms with Crippen LogP contribution in [-0.2, 0) is 4.74 Å². The van der Waals surface area contributed by atoms with Crippen molar-refractivity contribution in [3.8, 4) is 0 Å². The van der Waals surface area contributed by atoms with Gasteiger partial charge in [0.2, 0.25) is 5.28 Å². The number of hydrogen-bond donors (Lipinski definition) is 4. The Bertz CT molecular complexity index is 1250. The Labute approximate surface area is 201 Å². The molecule has 4 N–H and O–H groups in total. The zero-order valence-electron chi connectivity index (χ0n) is 17.4. The molecule has 1 aliphatic rings. The Balaban J connectivity index is 1.34. The first-order valence-electron chi connectivity index (χ1n) is 10.2. The number of hydrogen-bond acceptors (Lipinski definition) is 11. The first-order valence-corrected chi connectivity index (χ1v) is 12.4. The van der Waals surface area contributed by atoms with Crippen LogP contribution in [-0.4, -0.2) is 76.5 Å². The standard InChI is InChI=1S/C20H21ClN6O4S2/c1-9(7-32-20-24-10-4-2-3-5-12(10)33-20)23-16-13-17(26-19(21)25-16)27(8-22-13)18-15(30)14(29)11(6-28)31-18/h2-5,8-9,11,14-15,18,28-30H,6-7H2,1H3,(H,23,25,26)/t9-,11-,14-,15-,18-/m1/s1. The van der Waals surface area contributed by atoms with E-state index in [9.17, 15) is 15.3 Å². The number of halogens is 1. The molecular formula is C20H21ClN6O4S2. The number of nitrogens with one attached hydrogen (secondary N) is 1. The maximum absolute atomic E-state index is 10.4. The number of ether oxygens (including phenoxy) is 1. The van der Waals surface area contributed by atoms with Gasteiger partial charge in [-0.2, -0.15) is 9.97 Å². The average Bonchev–Trinajstić information content (AvgIpc) is 3.48. The molecule has 1 aromatic carbocycles. The summed E-state index contributed by atoms with van der Waals surface area (Å²) in [7, 11) is 0. The minimum absolute atomic E-state index is 0.00418. The maximum atomic E-state index is 10.4. The molecule has 4 aromatic rings. The van der Waals surface area contributed by atoms with Crippen molar-refractivity contribution in [2.24, 2.45) is 0 Å². The van der Waals surface area contributed by atoms with E-state index < -0.39 is 31.1 Å². The number of para-hydroxylation sites is 1. The van der Waals surface area contributed by atoms with E-state index in [1.165, 1.54) is 10.9 Å². The van der Waals surface area contributed by atoms with Crippen LogP contribution in [0.4, 0.5) is 5.82 Å². The number of imidazole rings is 1. The molecule has 33 heavy (non-hydrogen) atoms. The van der Waals surface area contributed by atoms with Crippen LogP contribution in [0.3, 0.4) is 0 Å². The molecule has 5 atom stereocenters. The molecule has 3 aromatic heterocycles. The summed E-state index contributed by atoms with van der Waals surface area (Å²) in [6, 6.07) is 8.05. The van der Waals surface area contributed by atoms with Crippen LogP contribution in [0.1, 0.15) is 13.2 Å². The van der Waals surface area contributed by atoms with Crippen molar-refractivity contribution in [1.82, 2.24) is 24.5 Å². The summed E-state index contributed by atoms with van der Waals surface area (Å²) < 4.78 is 9.23. The number of rotatable bonds is 7. The fourth-order valence-electron chi connectivity index (χ4n) is 3.67. The highest BCUT2D eigenvalue weighted by Gasteiger charge is 2.44. The van der Waals surface area contributed by atoms with Crippen molar-refractivity contribution in [3.05, 3.63) is 35.9 Å². The smallest absolute Gasteiger partial charge is 0.226 e. The van der Waals surface area contributed by atoms with Crippen LogP contribution < -0.4 is 5.32 Å². The number of aromatic nitrogens is 5. The predicted octanol–water partition coefficient (Wildman–Crippen LogP) is 2.29. The molecule has 1 aliphatic heterocycles. The molecule has 174 valence electrons. The Kier molecular flexibility index (Phi) is 6.40. The number of thioether (sulfide) groups is 1. The second-order valence-corrected chi connectivity index (χ2v) is 10.3. The highest BCUT2D eigenvalue weighted by Crippen LogP contribution is 2.33. The van der Waals surface area contributed by atoms with Crippen LogP contribution in [0.5, 0.6) is 0 Å². The largest absolute Gasteiger partial charge is 0.394 e. The van der Waals surface area contributed by atoms with E-state index >= 15 is 0 Å². The average molecular weight is 509 g/mol. The topological polar surface area (TPSA) is 138 Å². The van der Waals surface area contributed by atoms with E-state index in [1.54, 1.807) is 23.1 Å². The van der Waals surface area contributed by atoms with Crippen molar-refractivity contribution < 1.29 is 20.1 Å². The Morgan fingerprint density at radius 1 is 1.24 bits per heavy atom. The highest BCUT2D eigenvalue weighted by atomic mass is 35.5. The van der Waals surface area contributed by atoms with Gasteiger partial charge in [-0.25, -0.2) is 9.97 Å². The van der Waals surface area contributed by atoms with Crippen molar-refractivity contribution >= 4 is 61.9 Å². The summed E-state index contributed by atoms with van der Waals surface area (Å²) in [6.07, 6.45) is -2.91. The van der Waals surface area contributed by atoms with Crippen LogP contribution >= 0.6 is 34.7 Å². The molecule has 5 rings (SSSR count). The molecule has 1 saturated heterocycles. The Morgan fingerprint density at radius 3 is 2.82 bits per heavy atom. The van der Waals surface area contributed by atoms with E-state index in [0.29, 0.717) is 17.0 Å². The minimum Gasteiger partial charge on any atom is -0.394 e. The molecule has 4 heterocycles. The van der Waals surface area contributed by atoms with Crippen LogP contribution in [0.2, 0.25) is 5.28 Å². The second-order valence-electron chi connectivity index (χ2n) is 7.70. The fraction of sp³-hybridized carbons (Fsp3) is 0.400. The van der Waals surface area contributed by atoms with Gasteiger partial charge in [-0.05, 0) is 30.7 Å². The van der Waals surface area contributed by atoms with E-state index in [-0.39, 0.29) is 11.3 Å². The second kappa shape index (κ2) is 9.29. The quantitative estimate of drug-likeness (QED) is 0.217. The van der Waals surface area contributed by atoms with Crippen molar-refractivity contribution in [2.45, 2.75) is 41.8 Å². The van der Waals surface area contributed by atoms with Gasteiger partial charge in [0.15, 0.2) is 27.5 Å². The summed E-state index contributed by atoms with van der Waals surface area (Å²) in [4.78, 5) is 17.6. The summed E-state index contributed by atoms with van der Waals surface area (Å²) in [5, 5.41) is 33.1. The van der Waals surface area contributed by atoms with Gasteiger partial charge in [-0.1, -0.05) is 23.9 Å². The molecule has 0 saturated carbocycles. The Hall–Kier alpha value is -2.06. The number of aliphatic hydroxyl groups is 3. The number of anilines is 1. The van der Waals surface area contributed by atoms with Gasteiger partial charge in [-0.3, -0.25) is 4.57 Å².